The first kappa shape index (κ1) is 17.7. The van der Waals surface area contributed by atoms with E-state index in [1.807, 2.05) is 0 Å². The highest BCUT2D eigenvalue weighted by atomic mass is 32.2. The summed E-state index contributed by atoms with van der Waals surface area (Å²) in [5, 5.41) is 11.6. The third-order valence-corrected chi connectivity index (χ3v) is 5.96. The van der Waals surface area contributed by atoms with E-state index in [1.165, 1.54) is 21.0 Å². The molecule has 0 bridgehead atoms. The molecule has 0 aromatic carbocycles. The maximum Gasteiger partial charge on any atom is 0.326 e. The van der Waals surface area contributed by atoms with E-state index in [9.17, 15) is 18.0 Å². The summed E-state index contributed by atoms with van der Waals surface area (Å²) in [5.74, 6) is -1.10. The number of carboxylic acids is 1. The molecule has 1 aliphatic rings. The predicted molar refractivity (Wildman–Crippen MR) is 75.9 cm³/mol. The van der Waals surface area contributed by atoms with Crippen LogP contribution in [0.1, 0.15) is 20.3 Å². The molecule has 8 nitrogen and oxygen atoms in total. The number of ether oxygens (including phenoxy) is 1. The van der Waals surface area contributed by atoms with Crippen LogP contribution in [0.4, 0.5) is 4.79 Å². The van der Waals surface area contributed by atoms with Gasteiger partial charge in [-0.3, -0.25) is 0 Å². The Hall–Kier alpha value is -1.35. The number of sulfone groups is 1. The van der Waals surface area contributed by atoms with E-state index in [4.69, 9.17) is 9.84 Å². The molecule has 0 radical (unpaired) electrons. The van der Waals surface area contributed by atoms with Crippen LogP contribution in [0.2, 0.25) is 0 Å². The second-order valence-corrected chi connectivity index (χ2v) is 8.44. The quantitative estimate of drug-likeness (QED) is 0.718. The van der Waals surface area contributed by atoms with Crippen LogP contribution >= 0.6 is 0 Å². The van der Waals surface area contributed by atoms with Gasteiger partial charge in [0.25, 0.3) is 0 Å². The fourth-order valence-electron chi connectivity index (χ4n) is 1.95. The summed E-state index contributed by atoms with van der Waals surface area (Å²) >= 11 is 0. The van der Waals surface area contributed by atoms with Crippen LogP contribution in [0.3, 0.4) is 0 Å². The zero-order valence-electron chi connectivity index (χ0n) is 12.6. The second-order valence-electron chi connectivity index (χ2n) is 5.79. The summed E-state index contributed by atoms with van der Waals surface area (Å²) in [6.45, 7) is 3.07. The third kappa shape index (κ3) is 4.07. The lowest BCUT2D eigenvalue weighted by Crippen LogP contribution is -2.51. The smallest absolute Gasteiger partial charge is 0.326 e. The van der Waals surface area contributed by atoms with Crippen LogP contribution in [-0.4, -0.2) is 73.8 Å². The molecule has 0 aromatic rings. The van der Waals surface area contributed by atoms with Crippen molar-refractivity contribution in [3.8, 4) is 0 Å². The number of urea groups is 1. The zero-order chi connectivity index (χ0) is 16.4. The van der Waals surface area contributed by atoms with Crippen LogP contribution in [0, 0.1) is 0 Å². The van der Waals surface area contributed by atoms with Gasteiger partial charge in [-0.25, -0.2) is 18.0 Å². The SMILES string of the molecule is COC1CC(C(=O)O)N(C(=O)NCC(C)(C)S(C)(=O)=O)C1. The van der Waals surface area contributed by atoms with Crippen molar-refractivity contribution < 1.29 is 27.9 Å². The minimum atomic E-state index is -3.34. The summed E-state index contributed by atoms with van der Waals surface area (Å²) in [5.41, 5.74) is 0. The lowest BCUT2D eigenvalue weighted by molar-refractivity contribution is -0.141. The van der Waals surface area contributed by atoms with Crippen molar-refractivity contribution in [1.82, 2.24) is 10.2 Å². The van der Waals surface area contributed by atoms with Crippen molar-refractivity contribution in [2.24, 2.45) is 0 Å². The van der Waals surface area contributed by atoms with Crippen LogP contribution in [0.25, 0.3) is 0 Å². The number of nitrogens with one attached hydrogen (secondary N) is 1. The minimum absolute atomic E-state index is 0.0921. The van der Waals surface area contributed by atoms with Gasteiger partial charge in [-0.2, -0.15) is 0 Å². The van der Waals surface area contributed by atoms with Gasteiger partial charge in [-0.15, -0.1) is 0 Å². The second kappa shape index (κ2) is 6.18. The first-order chi connectivity index (χ1) is 9.49. The molecule has 122 valence electrons. The predicted octanol–water partition coefficient (Wildman–Crippen LogP) is -0.307. The molecular weight excluding hydrogens is 300 g/mol. The normalized spacial score (nSPS) is 23.1. The number of nitrogens with zero attached hydrogens (tertiary/aromatic N) is 1. The van der Waals surface area contributed by atoms with E-state index in [1.54, 1.807) is 0 Å². The number of amides is 2. The number of carboxylic acid groups (broad SMARTS) is 1. The number of methoxy groups -OCH3 is 1. The van der Waals surface area contributed by atoms with Gasteiger partial charge in [0.15, 0.2) is 9.84 Å². The Bertz CT molecular complexity index is 516. The molecule has 0 saturated carbocycles. The highest BCUT2D eigenvalue weighted by Gasteiger charge is 2.40. The lowest BCUT2D eigenvalue weighted by atomic mass is 10.2. The van der Waals surface area contributed by atoms with Gasteiger partial charge in [0, 0.05) is 32.9 Å². The van der Waals surface area contributed by atoms with E-state index in [-0.39, 0.29) is 25.6 Å². The van der Waals surface area contributed by atoms with Gasteiger partial charge < -0.3 is 20.1 Å². The van der Waals surface area contributed by atoms with Crippen molar-refractivity contribution in [3.05, 3.63) is 0 Å². The first-order valence-corrected chi connectivity index (χ1v) is 8.38. The average Bonchev–Trinajstić information content (AvgIpc) is 2.79. The number of carbonyl (C=O) groups is 2. The zero-order valence-corrected chi connectivity index (χ0v) is 13.4. The number of hydrogen-bond acceptors (Lipinski definition) is 5. The fourth-order valence-corrected chi connectivity index (χ4v) is 2.28. The molecule has 1 rings (SSSR count). The summed E-state index contributed by atoms with van der Waals surface area (Å²) in [6.07, 6.45) is 0.977. The van der Waals surface area contributed by atoms with E-state index >= 15 is 0 Å². The molecule has 1 saturated heterocycles. The lowest BCUT2D eigenvalue weighted by Gasteiger charge is -2.26. The summed E-state index contributed by atoms with van der Waals surface area (Å²) < 4.78 is 27.1. The fraction of sp³-hybridized carbons (Fsp3) is 0.833. The highest BCUT2D eigenvalue weighted by molar-refractivity contribution is 7.92. The molecule has 2 N–H and O–H groups in total. The number of rotatable bonds is 5. The average molecular weight is 322 g/mol. The largest absolute Gasteiger partial charge is 0.480 e. The molecule has 2 amide bonds. The Morgan fingerprint density at radius 1 is 1.43 bits per heavy atom. The van der Waals surface area contributed by atoms with Crippen molar-refractivity contribution in [2.45, 2.75) is 37.2 Å². The Labute approximate surface area is 124 Å². The Kier molecular flexibility index (Phi) is 5.21. The first-order valence-electron chi connectivity index (χ1n) is 6.49. The summed E-state index contributed by atoms with van der Waals surface area (Å²) in [6, 6.07) is -1.56. The van der Waals surface area contributed by atoms with Crippen LogP contribution in [0.15, 0.2) is 0 Å². The minimum Gasteiger partial charge on any atom is -0.480 e. The van der Waals surface area contributed by atoms with E-state index in [2.05, 4.69) is 5.32 Å². The van der Waals surface area contributed by atoms with Gasteiger partial charge in [0.05, 0.1) is 10.9 Å². The molecule has 0 aromatic heterocycles. The highest BCUT2D eigenvalue weighted by Crippen LogP contribution is 2.21. The molecule has 2 unspecified atom stereocenters. The maximum atomic E-state index is 12.1. The van der Waals surface area contributed by atoms with Crippen molar-refractivity contribution >= 4 is 21.8 Å². The molecule has 9 heteroatoms. The molecule has 21 heavy (non-hydrogen) atoms. The molecule has 2 atom stereocenters. The molecule has 0 aliphatic carbocycles. The van der Waals surface area contributed by atoms with Crippen LogP contribution < -0.4 is 5.32 Å². The summed E-state index contributed by atoms with van der Waals surface area (Å²) in [4.78, 5) is 24.4. The van der Waals surface area contributed by atoms with Crippen LogP contribution in [0.5, 0.6) is 0 Å². The van der Waals surface area contributed by atoms with E-state index < -0.39 is 32.6 Å². The van der Waals surface area contributed by atoms with Gasteiger partial charge >= 0.3 is 12.0 Å². The Morgan fingerprint density at radius 3 is 2.43 bits per heavy atom. The third-order valence-electron chi connectivity index (χ3n) is 3.81. The number of carbonyl (C=O) groups excluding carboxylic acids is 1. The van der Waals surface area contributed by atoms with Gasteiger partial charge in [0.2, 0.25) is 0 Å². The van der Waals surface area contributed by atoms with Gasteiger partial charge in [-0.1, -0.05) is 0 Å². The van der Waals surface area contributed by atoms with Crippen molar-refractivity contribution in [3.63, 3.8) is 0 Å². The molecule has 1 aliphatic heterocycles. The monoisotopic (exact) mass is 322 g/mol. The van der Waals surface area contributed by atoms with E-state index in [0.29, 0.717) is 0 Å². The van der Waals surface area contributed by atoms with E-state index in [0.717, 1.165) is 11.2 Å². The molecule has 1 heterocycles. The molecular formula is C12H22N2O6S. The van der Waals surface area contributed by atoms with Crippen LogP contribution in [-0.2, 0) is 19.4 Å². The number of likely N-dealkylation sites (tertiary alicyclic amines) is 1. The molecule has 0 spiro atoms. The number of hydrogen-bond donors (Lipinski definition) is 2. The maximum absolute atomic E-state index is 12.1. The standard InChI is InChI=1S/C12H22N2O6S/c1-12(2,21(4,18)19)7-13-11(17)14-6-8(20-3)5-9(14)10(15)16/h8-9H,5-7H2,1-4H3,(H,13,17)(H,15,16). The van der Waals surface area contributed by atoms with Gasteiger partial charge in [-0.05, 0) is 13.8 Å². The Morgan fingerprint density at radius 2 is 2.00 bits per heavy atom. The molecule has 1 fully saturated rings. The summed E-state index contributed by atoms with van der Waals surface area (Å²) in [7, 11) is -1.88. The van der Waals surface area contributed by atoms with Crippen molar-refractivity contribution in [2.75, 3.05) is 26.5 Å². The van der Waals surface area contributed by atoms with Crippen molar-refractivity contribution in [1.29, 1.82) is 0 Å². The topological polar surface area (TPSA) is 113 Å². The Balaban J connectivity index is 2.73. The van der Waals surface area contributed by atoms with Gasteiger partial charge in [0.1, 0.15) is 6.04 Å². The number of aliphatic carboxylic acids is 1.